The highest BCUT2D eigenvalue weighted by atomic mass is 16.3. The fraction of sp³-hybridized carbons (Fsp3) is 0.333. The first-order valence-corrected chi connectivity index (χ1v) is 20.5. The molecule has 0 spiro atoms. The fourth-order valence-corrected chi connectivity index (χ4v) is 9.66. The standard InChI is InChI=1S/C54H57NO/c1-50(2,3)32-20-24-36-38-26-22-34(30-45(38)53(10,11)43(36)28-32)55(47-19-15-17-41-40-16-14-18-42(52(7,8)9)48(40)56-49(41)47)35-23-27-39-37-25-21-33(51(4,5)6)29-44(37)54(12,13)46(39)31-35/h14-31H,1-13H3. The Morgan fingerprint density at radius 2 is 0.839 bits per heavy atom. The Kier molecular flexibility index (Phi) is 7.66. The van der Waals surface area contributed by atoms with Crippen LogP contribution < -0.4 is 4.90 Å². The van der Waals surface area contributed by atoms with Gasteiger partial charge in [0, 0.05) is 38.5 Å². The summed E-state index contributed by atoms with van der Waals surface area (Å²) in [6.45, 7) is 30.2. The Labute approximate surface area is 334 Å². The third-order valence-electron chi connectivity index (χ3n) is 13.1. The van der Waals surface area contributed by atoms with E-state index in [1.165, 1.54) is 61.2 Å². The Bertz CT molecular complexity index is 2620. The lowest BCUT2D eigenvalue weighted by Crippen LogP contribution is -2.19. The lowest BCUT2D eigenvalue weighted by molar-refractivity contribution is 0.573. The number of nitrogens with zero attached hydrogens (tertiary/aromatic N) is 1. The van der Waals surface area contributed by atoms with Crippen molar-refractivity contribution in [2.24, 2.45) is 0 Å². The number of benzene rings is 6. The second-order valence-corrected chi connectivity index (χ2v) is 20.8. The fourth-order valence-electron chi connectivity index (χ4n) is 9.66. The molecule has 56 heavy (non-hydrogen) atoms. The van der Waals surface area contributed by atoms with Gasteiger partial charge in [-0.1, -0.05) is 169 Å². The van der Waals surface area contributed by atoms with Crippen LogP contribution in [-0.2, 0) is 27.1 Å². The normalized spacial score (nSPS) is 15.5. The molecule has 2 heteroatoms. The molecule has 0 atom stereocenters. The van der Waals surface area contributed by atoms with Crippen molar-refractivity contribution in [1.82, 2.24) is 0 Å². The van der Waals surface area contributed by atoms with E-state index >= 15 is 0 Å². The summed E-state index contributed by atoms with van der Waals surface area (Å²) in [5.74, 6) is 0. The zero-order valence-electron chi connectivity index (χ0n) is 35.7. The Balaban J connectivity index is 1.28. The van der Waals surface area contributed by atoms with Crippen LogP contribution in [0.3, 0.4) is 0 Å². The monoisotopic (exact) mass is 735 g/mol. The molecule has 2 aliphatic carbocycles. The molecular formula is C54H57NO. The largest absolute Gasteiger partial charge is 0.454 e. The van der Waals surface area contributed by atoms with Gasteiger partial charge in [-0.2, -0.15) is 0 Å². The molecule has 284 valence electrons. The van der Waals surface area contributed by atoms with Gasteiger partial charge in [0.15, 0.2) is 5.58 Å². The summed E-state index contributed by atoms with van der Waals surface area (Å²) < 4.78 is 7.08. The molecule has 2 nitrogen and oxygen atoms in total. The summed E-state index contributed by atoms with van der Waals surface area (Å²) in [5, 5.41) is 2.30. The van der Waals surface area contributed by atoms with E-state index in [-0.39, 0.29) is 27.1 Å². The molecule has 7 aromatic rings. The lowest BCUT2D eigenvalue weighted by atomic mass is 9.79. The molecule has 0 N–H and O–H groups in total. The Morgan fingerprint density at radius 1 is 0.429 bits per heavy atom. The van der Waals surface area contributed by atoms with E-state index < -0.39 is 0 Å². The maximum absolute atomic E-state index is 7.08. The van der Waals surface area contributed by atoms with Gasteiger partial charge in [0.25, 0.3) is 0 Å². The van der Waals surface area contributed by atoms with E-state index in [9.17, 15) is 0 Å². The van der Waals surface area contributed by atoms with E-state index in [0.29, 0.717) is 0 Å². The molecule has 6 aromatic carbocycles. The van der Waals surface area contributed by atoms with Crippen LogP contribution in [0.4, 0.5) is 17.1 Å². The van der Waals surface area contributed by atoms with Crippen LogP contribution in [-0.4, -0.2) is 0 Å². The minimum absolute atomic E-state index is 0.0614. The zero-order chi connectivity index (χ0) is 39.9. The van der Waals surface area contributed by atoms with E-state index in [4.69, 9.17) is 4.42 Å². The number of anilines is 3. The number of furan rings is 1. The molecule has 0 unspecified atom stereocenters. The molecule has 0 amide bonds. The molecule has 0 radical (unpaired) electrons. The Hall–Kier alpha value is -5.08. The first-order chi connectivity index (χ1) is 26.2. The molecule has 0 saturated heterocycles. The second-order valence-electron chi connectivity index (χ2n) is 20.8. The maximum Gasteiger partial charge on any atom is 0.159 e. The highest BCUT2D eigenvalue weighted by molar-refractivity contribution is 6.11. The summed E-state index contributed by atoms with van der Waals surface area (Å²) in [4.78, 5) is 2.46. The van der Waals surface area contributed by atoms with Gasteiger partial charge >= 0.3 is 0 Å². The van der Waals surface area contributed by atoms with Crippen LogP contribution in [0.1, 0.15) is 129 Å². The van der Waals surface area contributed by atoms with E-state index in [0.717, 1.165) is 39.0 Å². The average Bonchev–Trinajstić information content (AvgIpc) is 3.70. The van der Waals surface area contributed by atoms with Crippen molar-refractivity contribution in [3.63, 3.8) is 0 Å². The first kappa shape index (κ1) is 36.6. The molecule has 9 rings (SSSR count). The van der Waals surface area contributed by atoms with E-state index in [1.54, 1.807) is 0 Å². The summed E-state index contributed by atoms with van der Waals surface area (Å²) in [6.07, 6.45) is 0. The van der Waals surface area contributed by atoms with Gasteiger partial charge in [-0.25, -0.2) is 0 Å². The third kappa shape index (κ3) is 5.35. The van der Waals surface area contributed by atoms with Gasteiger partial charge in [0.05, 0.1) is 5.69 Å². The van der Waals surface area contributed by atoms with Gasteiger partial charge in [0.1, 0.15) is 5.58 Å². The molecule has 0 saturated carbocycles. The van der Waals surface area contributed by atoms with Crippen LogP contribution in [0.2, 0.25) is 0 Å². The van der Waals surface area contributed by atoms with Crippen molar-refractivity contribution in [1.29, 1.82) is 0 Å². The third-order valence-corrected chi connectivity index (χ3v) is 13.1. The molecule has 2 aliphatic rings. The van der Waals surface area contributed by atoms with Crippen molar-refractivity contribution in [3.8, 4) is 22.3 Å². The highest BCUT2D eigenvalue weighted by Crippen LogP contribution is 2.55. The second kappa shape index (κ2) is 11.7. The van der Waals surface area contributed by atoms with Crippen molar-refractivity contribution in [3.05, 3.63) is 148 Å². The summed E-state index contributed by atoms with van der Waals surface area (Å²) in [6, 6.07) is 41.8. The quantitative estimate of drug-likeness (QED) is 0.180. The van der Waals surface area contributed by atoms with Crippen LogP contribution in [0.5, 0.6) is 0 Å². The van der Waals surface area contributed by atoms with Gasteiger partial charge in [-0.05, 0) is 102 Å². The van der Waals surface area contributed by atoms with Gasteiger partial charge in [-0.15, -0.1) is 0 Å². The molecule has 0 bridgehead atoms. The number of hydrogen-bond acceptors (Lipinski definition) is 2. The molecule has 0 aliphatic heterocycles. The average molecular weight is 736 g/mol. The molecular weight excluding hydrogens is 679 g/mol. The zero-order valence-corrected chi connectivity index (χ0v) is 35.7. The van der Waals surface area contributed by atoms with Crippen molar-refractivity contribution in [2.75, 3.05) is 4.90 Å². The van der Waals surface area contributed by atoms with Crippen molar-refractivity contribution in [2.45, 2.75) is 117 Å². The SMILES string of the molecule is CC(C)(C)c1ccc2c(c1)C(C)(C)c1cc(N(c3ccc4c(c3)C(C)(C)c3cc(C(C)(C)C)ccc3-4)c3cccc4c3oc3c(C(C)(C)C)cccc34)ccc1-2. The van der Waals surface area contributed by atoms with Crippen LogP contribution in [0.25, 0.3) is 44.2 Å². The van der Waals surface area contributed by atoms with Gasteiger partial charge < -0.3 is 9.32 Å². The first-order valence-electron chi connectivity index (χ1n) is 20.5. The van der Waals surface area contributed by atoms with Gasteiger partial charge in [0.2, 0.25) is 0 Å². The molecule has 0 fully saturated rings. The topological polar surface area (TPSA) is 16.4 Å². The van der Waals surface area contributed by atoms with E-state index in [1.807, 2.05) is 0 Å². The highest BCUT2D eigenvalue weighted by Gasteiger charge is 2.39. The Morgan fingerprint density at radius 3 is 1.29 bits per heavy atom. The number of fused-ring (bicyclic) bond motifs is 9. The smallest absolute Gasteiger partial charge is 0.159 e. The van der Waals surface area contributed by atoms with Crippen molar-refractivity contribution >= 4 is 39.0 Å². The number of rotatable bonds is 3. The lowest BCUT2D eigenvalue weighted by Gasteiger charge is -2.30. The number of para-hydroxylation sites is 2. The van der Waals surface area contributed by atoms with Crippen molar-refractivity contribution < 1.29 is 4.42 Å². The molecule has 1 aromatic heterocycles. The van der Waals surface area contributed by atoms with Gasteiger partial charge in [-0.3, -0.25) is 0 Å². The summed E-state index contributed by atoms with van der Waals surface area (Å²) >= 11 is 0. The minimum Gasteiger partial charge on any atom is -0.454 e. The van der Waals surface area contributed by atoms with Crippen LogP contribution in [0.15, 0.2) is 114 Å². The maximum atomic E-state index is 7.08. The van der Waals surface area contributed by atoms with Crippen LogP contribution in [0, 0.1) is 0 Å². The van der Waals surface area contributed by atoms with E-state index in [2.05, 4.69) is 204 Å². The minimum atomic E-state index is -0.160. The predicted octanol–water partition coefficient (Wildman–Crippen LogP) is 15.6. The summed E-state index contributed by atoms with van der Waals surface area (Å²) in [5.41, 5.74) is 19.8. The molecule has 1 heterocycles. The predicted molar refractivity (Wildman–Crippen MR) is 240 cm³/mol. The van der Waals surface area contributed by atoms with Crippen LogP contribution >= 0.6 is 0 Å². The summed E-state index contributed by atoms with van der Waals surface area (Å²) in [7, 11) is 0. The number of hydrogen-bond donors (Lipinski definition) is 0.